The molecule has 1 aromatic heterocycles. The number of thiophene rings is 1. The number of carbonyl (C=O) groups is 3. The van der Waals surface area contributed by atoms with Crippen LogP contribution in [0, 0.1) is 0 Å². The molecule has 0 bridgehead atoms. The Bertz CT molecular complexity index is 1050. The number of aliphatic hydroxyl groups is 1. The van der Waals surface area contributed by atoms with Gasteiger partial charge in [-0.15, -0.1) is 11.3 Å². The summed E-state index contributed by atoms with van der Waals surface area (Å²) >= 11 is 1.39. The van der Waals surface area contributed by atoms with Crippen molar-refractivity contribution in [1.29, 1.82) is 0 Å². The van der Waals surface area contributed by atoms with E-state index in [0.717, 1.165) is 0 Å². The molecule has 0 aliphatic carbocycles. The molecule has 3 aromatic rings. The minimum Gasteiger partial charge on any atom is -0.453 e. The first-order valence-corrected chi connectivity index (χ1v) is 11.5. The largest absolute Gasteiger partial charge is 0.453 e. The Labute approximate surface area is 195 Å². The van der Waals surface area contributed by atoms with Gasteiger partial charge in [-0.05, 0) is 22.6 Å². The number of amides is 2. The molecule has 0 saturated carbocycles. The summed E-state index contributed by atoms with van der Waals surface area (Å²) in [5, 5.41) is 13.2. The normalized spacial score (nSPS) is 14.1. The Kier molecular flexibility index (Phi) is 6.86. The zero-order chi connectivity index (χ0) is 23.3. The number of hydrogen-bond donors (Lipinski definition) is 1. The lowest BCUT2D eigenvalue weighted by Gasteiger charge is -2.34. The van der Waals surface area contributed by atoms with Gasteiger partial charge in [0.1, 0.15) is 0 Å². The molecule has 33 heavy (non-hydrogen) atoms. The van der Waals surface area contributed by atoms with Gasteiger partial charge in [0.05, 0.1) is 4.88 Å². The van der Waals surface area contributed by atoms with Crippen LogP contribution >= 0.6 is 11.3 Å². The van der Waals surface area contributed by atoms with Crippen LogP contribution in [0.25, 0.3) is 0 Å². The van der Waals surface area contributed by atoms with Gasteiger partial charge in [0.2, 0.25) is 5.60 Å². The quantitative estimate of drug-likeness (QED) is 0.567. The van der Waals surface area contributed by atoms with Crippen molar-refractivity contribution in [2.24, 2.45) is 0 Å². The molecule has 0 atom stereocenters. The Hall–Kier alpha value is -3.49. The molecule has 2 aromatic carbocycles. The van der Waals surface area contributed by atoms with Gasteiger partial charge in [-0.25, -0.2) is 4.79 Å². The van der Waals surface area contributed by atoms with Gasteiger partial charge < -0.3 is 19.6 Å². The van der Waals surface area contributed by atoms with Crippen LogP contribution < -0.4 is 0 Å². The van der Waals surface area contributed by atoms with Crippen LogP contribution in [0.5, 0.6) is 0 Å². The topological polar surface area (TPSA) is 87.2 Å². The first-order chi connectivity index (χ1) is 16.0. The zero-order valence-electron chi connectivity index (χ0n) is 17.9. The van der Waals surface area contributed by atoms with Gasteiger partial charge in [0.15, 0.2) is 6.61 Å². The lowest BCUT2D eigenvalue weighted by atomic mass is 9.86. The molecule has 1 N–H and O–H groups in total. The Morgan fingerprint density at radius 1 is 0.818 bits per heavy atom. The maximum atomic E-state index is 13.0. The minimum absolute atomic E-state index is 0.0423. The number of nitrogens with zero attached hydrogens (tertiary/aromatic N) is 2. The van der Waals surface area contributed by atoms with Crippen molar-refractivity contribution in [3.05, 3.63) is 94.2 Å². The SMILES string of the molecule is O=C(COC(=O)C(O)(c1ccccc1)c1ccccc1)N1CCN(C(=O)c2cccs2)CC1. The van der Waals surface area contributed by atoms with Gasteiger partial charge in [-0.2, -0.15) is 0 Å². The Balaban J connectivity index is 1.38. The van der Waals surface area contributed by atoms with E-state index in [2.05, 4.69) is 0 Å². The van der Waals surface area contributed by atoms with Gasteiger partial charge >= 0.3 is 5.97 Å². The summed E-state index contributed by atoms with van der Waals surface area (Å²) in [6, 6.07) is 20.6. The van der Waals surface area contributed by atoms with Crippen LogP contribution in [0.15, 0.2) is 78.2 Å². The van der Waals surface area contributed by atoms with Crippen LogP contribution in [0.1, 0.15) is 20.8 Å². The molecular formula is C25H24N2O5S. The minimum atomic E-state index is -2.03. The van der Waals surface area contributed by atoms with E-state index in [1.54, 1.807) is 76.5 Å². The van der Waals surface area contributed by atoms with E-state index in [0.29, 0.717) is 42.2 Å². The van der Waals surface area contributed by atoms with Crippen LogP contribution in [0.4, 0.5) is 0 Å². The molecule has 4 rings (SSSR count). The van der Waals surface area contributed by atoms with E-state index >= 15 is 0 Å². The first kappa shape index (κ1) is 22.7. The highest BCUT2D eigenvalue weighted by Gasteiger charge is 2.42. The van der Waals surface area contributed by atoms with Crippen LogP contribution in [0.2, 0.25) is 0 Å². The van der Waals surface area contributed by atoms with Crippen molar-refractivity contribution in [2.75, 3.05) is 32.8 Å². The summed E-state index contributed by atoms with van der Waals surface area (Å²) in [7, 11) is 0. The van der Waals surface area contributed by atoms with Crippen molar-refractivity contribution in [3.63, 3.8) is 0 Å². The second-order valence-corrected chi connectivity index (χ2v) is 8.62. The van der Waals surface area contributed by atoms with Gasteiger partial charge in [-0.3, -0.25) is 9.59 Å². The average Bonchev–Trinajstić information content (AvgIpc) is 3.42. The number of esters is 1. The first-order valence-electron chi connectivity index (χ1n) is 10.6. The van der Waals surface area contributed by atoms with Gasteiger partial charge in [0, 0.05) is 26.2 Å². The smallest absolute Gasteiger partial charge is 0.348 e. The molecule has 1 aliphatic heterocycles. The maximum absolute atomic E-state index is 13.0. The van der Waals surface area contributed by atoms with Crippen molar-refractivity contribution in [3.8, 4) is 0 Å². The molecule has 7 nitrogen and oxygen atoms in total. The van der Waals surface area contributed by atoms with Crippen molar-refractivity contribution >= 4 is 29.1 Å². The predicted octanol–water partition coefficient (Wildman–Crippen LogP) is 2.51. The van der Waals surface area contributed by atoms with Crippen LogP contribution in [-0.4, -0.2) is 65.5 Å². The van der Waals surface area contributed by atoms with E-state index in [1.807, 2.05) is 11.4 Å². The highest BCUT2D eigenvalue weighted by molar-refractivity contribution is 7.12. The molecule has 1 fully saturated rings. The van der Waals surface area contributed by atoms with E-state index < -0.39 is 18.2 Å². The molecule has 170 valence electrons. The fraction of sp³-hybridized carbons (Fsp3) is 0.240. The molecule has 0 unspecified atom stereocenters. The molecule has 2 heterocycles. The number of benzene rings is 2. The van der Waals surface area contributed by atoms with Gasteiger partial charge in [0.25, 0.3) is 11.8 Å². The lowest BCUT2D eigenvalue weighted by Crippen LogP contribution is -2.51. The zero-order valence-corrected chi connectivity index (χ0v) is 18.7. The molecule has 2 amide bonds. The summed E-state index contributed by atoms with van der Waals surface area (Å²) < 4.78 is 5.31. The standard InChI is InChI=1S/C25H24N2O5S/c28-22(26-13-15-27(16-14-26)23(29)21-12-7-17-33-21)18-32-24(30)25(31,19-8-3-1-4-9-19)20-10-5-2-6-11-20/h1-12,17,31H,13-16,18H2. The Morgan fingerprint density at radius 3 is 1.88 bits per heavy atom. The summed E-state index contributed by atoms with van der Waals surface area (Å²) in [6.07, 6.45) is 0. The molecule has 1 aliphatic rings. The molecule has 1 saturated heterocycles. The summed E-state index contributed by atoms with van der Waals surface area (Å²) in [5.74, 6) is -1.32. The fourth-order valence-corrected chi connectivity index (χ4v) is 4.49. The third kappa shape index (κ3) is 4.81. The van der Waals surface area contributed by atoms with E-state index in [1.165, 1.54) is 11.3 Å². The number of carbonyl (C=O) groups excluding carboxylic acids is 3. The predicted molar refractivity (Wildman–Crippen MR) is 124 cm³/mol. The Morgan fingerprint density at radius 2 is 1.36 bits per heavy atom. The van der Waals surface area contributed by atoms with Crippen molar-refractivity contribution < 1.29 is 24.2 Å². The number of rotatable bonds is 6. The van der Waals surface area contributed by atoms with E-state index in [9.17, 15) is 19.5 Å². The van der Waals surface area contributed by atoms with E-state index in [-0.39, 0.29) is 11.8 Å². The van der Waals surface area contributed by atoms with E-state index in [4.69, 9.17) is 4.74 Å². The molecule has 0 radical (unpaired) electrons. The van der Waals surface area contributed by atoms with Crippen molar-refractivity contribution in [2.45, 2.75) is 5.60 Å². The maximum Gasteiger partial charge on any atom is 0.348 e. The third-order valence-electron chi connectivity index (χ3n) is 5.66. The summed E-state index contributed by atoms with van der Waals surface area (Å²) in [4.78, 5) is 42.1. The second-order valence-electron chi connectivity index (χ2n) is 7.67. The summed E-state index contributed by atoms with van der Waals surface area (Å²) in [5.41, 5.74) is -1.32. The highest BCUT2D eigenvalue weighted by atomic mass is 32.1. The molecule has 0 spiro atoms. The number of piperazine rings is 1. The molecule has 8 heteroatoms. The highest BCUT2D eigenvalue weighted by Crippen LogP contribution is 2.31. The van der Waals surface area contributed by atoms with Crippen LogP contribution in [-0.2, 0) is 19.9 Å². The van der Waals surface area contributed by atoms with Crippen molar-refractivity contribution in [1.82, 2.24) is 9.80 Å². The summed E-state index contributed by atoms with van der Waals surface area (Å²) in [6.45, 7) is 1.05. The number of ether oxygens (including phenoxy) is 1. The molecular weight excluding hydrogens is 440 g/mol. The van der Waals surface area contributed by atoms with Gasteiger partial charge in [-0.1, -0.05) is 66.7 Å². The third-order valence-corrected chi connectivity index (χ3v) is 6.51. The number of hydrogen-bond acceptors (Lipinski definition) is 6. The second kappa shape index (κ2) is 9.97. The monoisotopic (exact) mass is 464 g/mol. The lowest BCUT2D eigenvalue weighted by molar-refractivity contribution is -0.166. The van der Waals surface area contributed by atoms with Crippen LogP contribution in [0.3, 0.4) is 0 Å². The fourth-order valence-electron chi connectivity index (χ4n) is 3.80. The average molecular weight is 465 g/mol.